The number of nitrogens with two attached hydrogens (primary N) is 1. The summed E-state index contributed by atoms with van der Waals surface area (Å²) in [6.45, 7) is 10.8. The summed E-state index contributed by atoms with van der Waals surface area (Å²) < 4.78 is 0. The number of aryl methyl sites for hydroxylation is 1. The molecule has 0 saturated carbocycles. The molecule has 1 atom stereocenters. The molecule has 1 saturated heterocycles. The molecule has 1 aliphatic heterocycles. The molecule has 0 bridgehead atoms. The maximum absolute atomic E-state index is 6.07. The van der Waals surface area contributed by atoms with Gasteiger partial charge in [-0.05, 0) is 38.1 Å². The molecule has 18 heavy (non-hydrogen) atoms. The molecule has 2 rings (SSSR count). The Morgan fingerprint density at radius 1 is 1.44 bits per heavy atom. The van der Waals surface area contributed by atoms with E-state index in [1.54, 1.807) is 0 Å². The van der Waals surface area contributed by atoms with E-state index >= 15 is 0 Å². The van der Waals surface area contributed by atoms with Crippen molar-refractivity contribution in [3.63, 3.8) is 0 Å². The highest BCUT2D eigenvalue weighted by Gasteiger charge is 2.27. The molecule has 4 heteroatoms. The third-order valence-corrected chi connectivity index (χ3v) is 3.82. The fourth-order valence-electron chi connectivity index (χ4n) is 2.82. The van der Waals surface area contributed by atoms with E-state index in [4.69, 9.17) is 5.73 Å². The van der Waals surface area contributed by atoms with Crippen LogP contribution in [0.15, 0.2) is 12.3 Å². The van der Waals surface area contributed by atoms with Gasteiger partial charge in [0.1, 0.15) is 0 Å². The minimum atomic E-state index is 0.641. The average molecular weight is 248 g/mol. The molecule has 1 fully saturated rings. The van der Waals surface area contributed by atoms with E-state index in [9.17, 15) is 0 Å². The molecule has 0 radical (unpaired) electrons. The maximum Gasteiger partial charge on any atom is 0.151 e. The van der Waals surface area contributed by atoms with E-state index in [-0.39, 0.29) is 0 Å². The molecule has 1 unspecified atom stereocenters. The number of nitrogen functional groups attached to an aromatic ring is 1. The molecule has 100 valence electrons. The van der Waals surface area contributed by atoms with Crippen LogP contribution in [0.2, 0.25) is 0 Å². The first-order valence-corrected chi connectivity index (χ1v) is 6.86. The highest BCUT2D eigenvalue weighted by Crippen LogP contribution is 2.26. The number of likely N-dealkylation sites (N-methyl/N-ethyl adjacent to an activating group) is 1. The quantitative estimate of drug-likeness (QED) is 0.884. The number of hydrogen-bond donors (Lipinski definition) is 1. The van der Waals surface area contributed by atoms with Crippen LogP contribution in [0.4, 0.5) is 11.5 Å². The van der Waals surface area contributed by atoms with Gasteiger partial charge in [-0.15, -0.1) is 0 Å². The van der Waals surface area contributed by atoms with Crippen molar-refractivity contribution in [2.45, 2.75) is 33.2 Å². The topological polar surface area (TPSA) is 45.4 Å². The van der Waals surface area contributed by atoms with Gasteiger partial charge in [0.05, 0.1) is 5.69 Å². The summed E-state index contributed by atoms with van der Waals surface area (Å²) in [5.41, 5.74) is 7.99. The van der Waals surface area contributed by atoms with Gasteiger partial charge >= 0.3 is 0 Å². The van der Waals surface area contributed by atoms with Crippen LogP contribution in [0.5, 0.6) is 0 Å². The Morgan fingerprint density at radius 3 is 2.78 bits per heavy atom. The van der Waals surface area contributed by atoms with Crippen LogP contribution in [0.25, 0.3) is 0 Å². The smallest absolute Gasteiger partial charge is 0.151 e. The van der Waals surface area contributed by atoms with Crippen LogP contribution in [0, 0.1) is 6.92 Å². The van der Waals surface area contributed by atoms with Crippen LogP contribution < -0.4 is 10.6 Å². The molecule has 0 aromatic carbocycles. The van der Waals surface area contributed by atoms with Crippen molar-refractivity contribution >= 4 is 11.5 Å². The standard InChI is InChI=1S/C14H24N4/c1-4-17(5-2)12-6-7-18(10-12)14-13(15)8-11(3)9-16-14/h8-9,12H,4-7,10,15H2,1-3H3. The van der Waals surface area contributed by atoms with Crippen molar-refractivity contribution in [3.8, 4) is 0 Å². The summed E-state index contributed by atoms with van der Waals surface area (Å²) >= 11 is 0. The zero-order chi connectivity index (χ0) is 13.1. The lowest BCUT2D eigenvalue weighted by Gasteiger charge is -2.26. The Labute approximate surface area is 110 Å². The molecule has 1 aromatic rings. The molecule has 1 aliphatic rings. The molecule has 2 N–H and O–H groups in total. The van der Waals surface area contributed by atoms with Crippen LogP contribution in [-0.2, 0) is 0 Å². The monoisotopic (exact) mass is 248 g/mol. The summed E-state index contributed by atoms with van der Waals surface area (Å²) in [6, 6.07) is 2.65. The molecule has 1 aromatic heterocycles. The Balaban J connectivity index is 2.08. The number of aromatic nitrogens is 1. The highest BCUT2D eigenvalue weighted by molar-refractivity contribution is 5.63. The van der Waals surface area contributed by atoms with Crippen molar-refractivity contribution < 1.29 is 0 Å². The molecule has 0 aliphatic carbocycles. The first-order valence-electron chi connectivity index (χ1n) is 6.86. The lowest BCUT2D eigenvalue weighted by Crippen LogP contribution is -2.37. The van der Waals surface area contributed by atoms with Crippen LogP contribution in [0.1, 0.15) is 25.8 Å². The number of nitrogens with zero attached hydrogens (tertiary/aromatic N) is 3. The lowest BCUT2D eigenvalue weighted by molar-refractivity contribution is 0.232. The Bertz CT molecular complexity index is 401. The number of anilines is 2. The van der Waals surface area contributed by atoms with E-state index in [1.165, 1.54) is 6.42 Å². The van der Waals surface area contributed by atoms with Gasteiger partial charge in [-0.25, -0.2) is 4.98 Å². The Kier molecular flexibility index (Phi) is 4.07. The third kappa shape index (κ3) is 2.58. The molecular formula is C14H24N4. The molecular weight excluding hydrogens is 224 g/mol. The SMILES string of the molecule is CCN(CC)C1CCN(c2ncc(C)cc2N)C1. The fraction of sp³-hybridized carbons (Fsp3) is 0.643. The Morgan fingerprint density at radius 2 is 2.17 bits per heavy atom. The summed E-state index contributed by atoms with van der Waals surface area (Å²) in [5, 5.41) is 0. The second-order valence-electron chi connectivity index (χ2n) is 5.04. The summed E-state index contributed by atoms with van der Waals surface area (Å²) in [4.78, 5) is 9.32. The van der Waals surface area contributed by atoms with Crippen molar-refractivity contribution in [1.82, 2.24) is 9.88 Å². The second kappa shape index (κ2) is 5.57. The van der Waals surface area contributed by atoms with Crippen molar-refractivity contribution in [2.24, 2.45) is 0 Å². The zero-order valence-corrected chi connectivity index (χ0v) is 11.7. The number of pyridine rings is 1. The van der Waals surface area contributed by atoms with Crippen molar-refractivity contribution in [3.05, 3.63) is 17.8 Å². The highest BCUT2D eigenvalue weighted by atomic mass is 15.3. The van der Waals surface area contributed by atoms with E-state index in [0.717, 1.165) is 43.2 Å². The minimum Gasteiger partial charge on any atom is -0.396 e. The maximum atomic E-state index is 6.07. The normalized spacial score (nSPS) is 19.8. The Hall–Kier alpha value is -1.29. The first kappa shape index (κ1) is 13.1. The van der Waals surface area contributed by atoms with Crippen LogP contribution in [-0.4, -0.2) is 42.1 Å². The van der Waals surface area contributed by atoms with Gasteiger partial charge in [-0.1, -0.05) is 13.8 Å². The molecule has 0 spiro atoms. The number of hydrogen-bond acceptors (Lipinski definition) is 4. The number of rotatable bonds is 4. The summed E-state index contributed by atoms with van der Waals surface area (Å²) in [7, 11) is 0. The summed E-state index contributed by atoms with van der Waals surface area (Å²) in [5.74, 6) is 0.954. The average Bonchev–Trinajstić information content (AvgIpc) is 2.80. The first-order chi connectivity index (χ1) is 8.65. The van der Waals surface area contributed by atoms with Crippen LogP contribution >= 0.6 is 0 Å². The van der Waals surface area contributed by atoms with Crippen molar-refractivity contribution in [1.29, 1.82) is 0 Å². The third-order valence-electron chi connectivity index (χ3n) is 3.82. The fourth-order valence-corrected chi connectivity index (χ4v) is 2.82. The van der Waals surface area contributed by atoms with Crippen molar-refractivity contribution in [2.75, 3.05) is 36.8 Å². The molecule has 0 amide bonds. The second-order valence-corrected chi connectivity index (χ2v) is 5.04. The van der Waals surface area contributed by atoms with Gasteiger partial charge in [0.25, 0.3) is 0 Å². The predicted octanol–water partition coefficient (Wildman–Crippen LogP) is 1.89. The molecule has 4 nitrogen and oxygen atoms in total. The predicted molar refractivity (Wildman–Crippen MR) is 76.9 cm³/mol. The van der Waals surface area contributed by atoms with E-state index in [0.29, 0.717) is 6.04 Å². The van der Waals surface area contributed by atoms with E-state index < -0.39 is 0 Å². The van der Waals surface area contributed by atoms with E-state index in [1.807, 2.05) is 19.2 Å². The summed E-state index contributed by atoms with van der Waals surface area (Å²) in [6.07, 6.45) is 3.10. The van der Waals surface area contributed by atoms with Crippen LogP contribution in [0.3, 0.4) is 0 Å². The van der Waals surface area contributed by atoms with Gasteiger partial charge in [0.15, 0.2) is 5.82 Å². The molecule has 2 heterocycles. The zero-order valence-electron chi connectivity index (χ0n) is 11.7. The van der Waals surface area contributed by atoms with Gasteiger partial charge in [-0.2, -0.15) is 0 Å². The minimum absolute atomic E-state index is 0.641. The van der Waals surface area contributed by atoms with Gasteiger partial charge < -0.3 is 10.6 Å². The van der Waals surface area contributed by atoms with Gasteiger partial charge in [0, 0.05) is 25.3 Å². The van der Waals surface area contributed by atoms with Gasteiger partial charge in [-0.3, -0.25) is 4.90 Å². The van der Waals surface area contributed by atoms with E-state index in [2.05, 4.69) is 28.6 Å². The van der Waals surface area contributed by atoms with Gasteiger partial charge in [0.2, 0.25) is 0 Å². The largest absolute Gasteiger partial charge is 0.396 e. The lowest BCUT2D eigenvalue weighted by atomic mass is 10.2.